The highest BCUT2D eigenvalue weighted by Gasteiger charge is 2.28. The minimum absolute atomic E-state index is 0.0701. The van der Waals surface area contributed by atoms with Gasteiger partial charge in [-0.2, -0.15) is 0 Å². The van der Waals surface area contributed by atoms with E-state index in [1.165, 1.54) is 12.1 Å². The number of amides is 2. The Bertz CT molecular complexity index is 684. The normalized spacial score (nSPS) is 13.2. The maximum absolute atomic E-state index is 12.7. The highest BCUT2D eigenvalue weighted by atomic mass is 16.6. The van der Waals surface area contributed by atoms with Gasteiger partial charge in [-0.05, 0) is 64.3 Å². The standard InChI is InChI=1S/C20H31N3O6/c1-20(2,3)29-19(28)23-16(12-13-7-9-14(24)10-8-13)17(25)22-15(18(26)27)6-4-5-11-21/h7-10,15-16,24H,4-6,11-12,21H2,1-3H3,(H,22,25)(H,23,28)(H,26,27)/t15-,16+/m1/s1. The van der Waals surface area contributed by atoms with Crippen molar-refractivity contribution in [1.29, 1.82) is 0 Å². The van der Waals surface area contributed by atoms with E-state index in [-0.39, 0.29) is 18.6 Å². The lowest BCUT2D eigenvalue weighted by molar-refractivity contribution is -0.142. The average molecular weight is 409 g/mol. The molecular weight excluding hydrogens is 378 g/mol. The van der Waals surface area contributed by atoms with Gasteiger partial charge in [-0.15, -0.1) is 0 Å². The summed E-state index contributed by atoms with van der Waals surface area (Å²) < 4.78 is 5.21. The van der Waals surface area contributed by atoms with E-state index in [2.05, 4.69) is 10.6 Å². The molecule has 0 aliphatic heterocycles. The Hall–Kier alpha value is -2.81. The van der Waals surface area contributed by atoms with Gasteiger partial charge in [0.15, 0.2) is 0 Å². The van der Waals surface area contributed by atoms with Gasteiger partial charge in [-0.25, -0.2) is 9.59 Å². The third-order valence-electron chi connectivity index (χ3n) is 3.95. The molecule has 0 fully saturated rings. The molecular formula is C20H31N3O6. The Morgan fingerprint density at radius 2 is 1.69 bits per heavy atom. The molecule has 2 atom stereocenters. The number of carbonyl (C=O) groups is 3. The minimum Gasteiger partial charge on any atom is -0.508 e. The van der Waals surface area contributed by atoms with Crippen LogP contribution in [0.5, 0.6) is 5.75 Å². The van der Waals surface area contributed by atoms with Crippen molar-refractivity contribution in [3.8, 4) is 5.75 Å². The maximum atomic E-state index is 12.7. The number of hydrogen-bond donors (Lipinski definition) is 5. The second kappa shape index (κ2) is 11.3. The van der Waals surface area contributed by atoms with Gasteiger partial charge >= 0.3 is 12.1 Å². The number of carboxylic acid groups (broad SMARTS) is 1. The number of benzene rings is 1. The number of ether oxygens (including phenoxy) is 1. The van der Waals surface area contributed by atoms with Crippen LogP contribution >= 0.6 is 0 Å². The van der Waals surface area contributed by atoms with E-state index in [4.69, 9.17) is 10.5 Å². The van der Waals surface area contributed by atoms with Gasteiger partial charge in [0.1, 0.15) is 23.4 Å². The van der Waals surface area contributed by atoms with E-state index in [0.717, 1.165) is 0 Å². The molecule has 9 nitrogen and oxygen atoms in total. The zero-order valence-electron chi connectivity index (χ0n) is 17.1. The minimum atomic E-state index is -1.16. The predicted octanol–water partition coefficient (Wildman–Crippen LogP) is 1.53. The van der Waals surface area contributed by atoms with Crippen molar-refractivity contribution in [3.05, 3.63) is 29.8 Å². The Morgan fingerprint density at radius 3 is 2.21 bits per heavy atom. The lowest BCUT2D eigenvalue weighted by atomic mass is 10.0. The zero-order chi connectivity index (χ0) is 22.0. The predicted molar refractivity (Wildman–Crippen MR) is 107 cm³/mol. The first-order valence-corrected chi connectivity index (χ1v) is 9.52. The molecule has 1 aromatic rings. The number of hydrogen-bond acceptors (Lipinski definition) is 6. The van der Waals surface area contributed by atoms with Gasteiger partial charge < -0.3 is 31.3 Å². The molecule has 0 heterocycles. The lowest BCUT2D eigenvalue weighted by Crippen LogP contribution is -2.53. The summed E-state index contributed by atoms with van der Waals surface area (Å²) in [4.78, 5) is 36.4. The van der Waals surface area contributed by atoms with E-state index in [9.17, 15) is 24.6 Å². The smallest absolute Gasteiger partial charge is 0.408 e. The van der Waals surface area contributed by atoms with Gasteiger partial charge in [-0.1, -0.05) is 12.1 Å². The zero-order valence-corrected chi connectivity index (χ0v) is 17.1. The van der Waals surface area contributed by atoms with E-state index < -0.39 is 35.7 Å². The Balaban J connectivity index is 2.91. The summed E-state index contributed by atoms with van der Waals surface area (Å²) in [6.45, 7) is 5.52. The summed E-state index contributed by atoms with van der Waals surface area (Å²) >= 11 is 0. The topological polar surface area (TPSA) is 151 Å². The van der Waals surface area contributed by atoms with Crippen molar-refractivity contribution in [1.82, 2.24) is 10.6 Å². The van der Waals surface area contributed by atoms with Crippen molar-refractivity contribution in [2.75, 3.05) is 6.54 Å². The van der Waals surface area contributed by atoms with E-state index in [0.29, 0.717) is 24.9 Å². The van der Waals surface area contributed by atoms with Gasteiger partial charge in [0.05, 0.1) is 0 Å². The molecule has 0 unspecified atom stereocenters. The molecule has 29 heavy (non-hydrogen) atoms. The molecule has 0 saturated carbocycles. The number of rotatable bonds is 10. The molecule has 0 radical (unpaired) electrons. The summed E-state index contributed by atoms with van der Waals surface area (Å²) in [5.74, 6) is -1.72. The second-order valence-electron chi connectivity index (χ2n) is 7.75. The van der Waals surface area contributed by atoms with Crippen LogP contribution in [0, 0.1) is 0 Å². The van der Waals surface area contributed by atoms with Crippen molar-refractivity contribution < 1.29 is 29.3 Å². The van der Waals surface area contributed by atoms with Crippen LogP contribution in [0.1, 0.15) is 45.6 Å². The van der Waals surface area contributed by atoms with Crippen molar-refractivity contribution >= 4 is 18.0 Å². The number of phenols is 1. The van der Waals surface area contributed by atoms with Crippen molar-refractivity contribution in [3.63, 3.8) is 0 Å². The first-order chi connectivity index (χ1) is 13.5. The molecule has 0 aliphatic rings. The third kappa shape index (κ3) is 9.79. The maximum Gasteiger partial charge on any atom is 0.408 e. The number of nitrogens with one attached hydrogen (secondary N) is 2. The Labute approximate surface area is 170 Å². The number of carboxylic acids is 1. The molecule has 0 aromatic heterocycles. The third-order valence-corrected chi connectivity index (χ3v) is 3.95. The molecule has 0 saturated heterocycles. The second-order valence-corrected chi connectivity index (χ2v) is 7.75. The summed E-state index contributed by atoms with van der Waals surface area (Å²) in [6, 6.07) is 4.02. The number of carbonyl (C=O) groups excluding carboxylic acids is 2. The van der Waals surface area contributed by atoms with Gasteiger partial charge in [0, 0.05) is 6.42 Å². The van der Waals surface area contributed by atoms with Crippen LogP contribution < -0.4 is 16.4 Å². The van der Waals surface area contributed by atoms with Gasteiger partial charge in [0.25, 0.3) is 0 Å². The average Bonchev–Trinajstić information content (AvgIpc) is 2.60. The fraction of sp³-hybridized carbons (Fsp3) is 0.550. The van der Waals surface area contributed by atoms with Gasteiger partial charge in [0.2, 0.25) is 5.91 Å². The highest BCUT2D eigenvalue weighted by Crippen LogP contribution is 2.13. The van der Waals surface area contributed by atoms with Crippen molar-refractivity contribution in [2.45, 2.75) is 64.1 Å². The SMILES string of the molecule is CC(C)(C)OC(=O)N[C@@H](Cc1ccc(O)cc1)C(=O)N[C@H](CCCCN)C(=O)O. The Morgan fingerprint density at radius 1 is 1.07 bits per heavy atom. The molecule has 0 spiro atoms. The number of aliphatic carboxylic acids is 1. The number of aromatic hydroxyl groups is 1. The number of unbranched alkanes of at least 4 members (excludes halogenated alkanes) is 1. The monoisotopic (exact) mass is 409 g/mol. The molecule has 0 bridgehead atoms. The molecule has 1 aromatic carbocycles. The van der Waals surface area contributed by atoms with Crippen LogP contribution in [0.15, 0.2) is 24.3 Å². The number of phenolic OH excluding ortho intramolecular Hbond substituents is 1. The molecule has 1 rings (SSSR count). The first kappa shape index (κ1) is 24.2. The lowest BCUT2D eigenvalue weighted by Gasteiger charge is -2.24. The molecule has 2 amide bonds. The summed E-state index contributed by atoms with van der Waals surface area (Å²) in [6.07, 6.45) is 0.742. The van der Waals surface area contributed by atoms with E-state index in [1.807, 2.05) is 0 Å². The van der Waals surface area contributed by atoms with Crippen molar-refractivity contribution in [2.24, 2.45) is 5.73 Å². The number of nitrogens with two attached hydrogens (primary N) is 1. The van der Waals surface area contributed by atoms with Gasteiger partial charge in [-0.3, -0.25) is 4.79 Å². The highest BCUT2D eigenvalue weighted by molar-refractivity contribution is 5.89. The summed E-state index contributed by atoms with van der Waals surface area (Å²) in [5, 5.41) is 23.8. The molecule has 162 valence electrons. The fourth-order valence-corrected chi connectivity index (χ4v) is 2.55. The van der Waals surface area contributed by atoms with Crippen LogP contribution in [0.4, 0.5) is 4.79 Å². The summed E-state index contributed by atoms with van der Waals surface area (Å²) in [7, 11) is 0. The van der Waals surface area contributed by atoms with E-state index in [1.54, 1.807) is 32.9 Å². The van der Waals surface area contributed by atoms with Crippen LogP contribution in [0.2, 0.25) is 0 Å². The molecule has 0 aliphatic carbocycles. The van der Waals surface area contributed by atoms with Crippen LogP contribution in [-0.4, -0.2) is 52.4 Å². The first-order valence-electron chi connectivity index (χ1n) is 9.52. The van der Waals surface area contributed by atoms with Crippen LogP contribution in [0.3, 0.4) is 0 Å². The molecule has 6 N–H and O–H groups in total. The fourth-order valence-electron chi connectivity index (χ4n) is 2.55. The Kier molecular flexibility index (Phi) is 9.40. The quantitative estimate of drug-likeness (QED) is 0.368. The molecule has 9 heteroatoms. The number of alkyl carbamates (subject to hydrolysis) is 1. The van der Waals surface area contributed by atoms with E-state index >= 15 is 0 Å². The summed E-state index contributed by atoms with van der Waals surface area (Å²) in [5.41, 5.74) is 5.35. The van der Waals surface area contributed by atoms with Crippen LogP contribution in [-0.2, 0) is 20.7 Å². The largest absolute Gasteiger partial charge is 0.508 e. The van der Waals surface area contributed by atoms with Crippen LogP contribution in [0.25, 0.3) is 0 Å².